The molecule has 6 nitrogen and oxygen atoms in total. The molecule has 0 aliphatic carbocycles. The number of hydrogen-bond donors (Lipinski definition) is 0. The highest BCUT2D eigenvalue weighted by Gasteiger charge is 2.19. The van der Waals surface area contributed by atoms with Crippen LogP contribution in [0.1, 0.15) is 11.1 Å². The maximum atomic E-state index is 13.2. The zero-order chi connectivity index (χ0) is 19.7. The predicted molar refractivity (Wildman–Crippen MR) is 110 cm³/mol. The van der Waals surface area contributed by atoms with Crippen LogP contribution in [0.25, 0.3) is 11.2 Å². The summed E-state index contributed by atoms with van der Waals surface area (Å²) in [6.45, 7) is 0.696. The number of hydrogen-bond acceptors (Lipinski definition) is 3. The molecule has 28 heavy (non-hydrogen) atoms. The van der Waals surface area contributed by atoms with Gasteiger partial charge in [0.2, 0.25) is 5.28 Å². The molecule has 0 aliphatic rings. The Morgan fingerprint density at radius 3 is 2.14 bits per heavy atom. The van der Waals surface area contributed by atoms with Crippen molar-refractivity contribution in [1.29, 1.82) is 0 Å². The second kappa shape index (κ2) is 7.48. The zero-order valence-corrected chi connectivity index (χ0v) is 16.1. The maximum Gasteiger partial charge on any atom is 0.332 e. The van der Waals surface area contributed by atoms with Crippen LogP contribution in [-0.4, -0.2) is 18.7 Å². The molecule has 142 valence electrons. The summed E-state index contributed by atoms with van der Waals surface area (Å²) in [5, 5.41) is 0.187. The van der Waals surface area contributed by atoms with Crippen molar-refractivity contribution >= 4 is 22.8 Å². The first-order valence-electron chi connectivity index (χ1n) is 8.99. The lowest BCUT2D eigenvalue weighted by Crippen LogP contribution is -2.40. The predicted octanol–water partition coefficient (Wildman–Crippen LogP) is 2.84. The molecule has 0 radical (unpaired) electrons. The highest BCUT2D eigenvalue weighted by Crippen LogP contribution is 2.17. The molecule has 7 heteroatoms. The van der Waals surface area contributed by atoms with E-state index in [4.69, 9.17) is 11.6 Å². The summed E-state index contributed by atoms with van der Waals surface area (Å²) in [6.07, 6.45) is 0.585. The lowest BCUT2D eigenvalue weighted by atomic mass is 10.1. The Morgan fingerprint density at radius 1 is 0.893 bits per heavy atom. The molecule has 4 rings (SSSR count). The average Bonchev–Trinajstić information content (AvgIpc) is 3.04. The van der Waals surface area contributed by atoms with E-state index in [0.29, 0.717) is 30.7 Å². The maximum absolute atomic E-state index is 13.2. The van der Waals surface area contributed by atoms with Gasteiger partial charge in [-0.1, -0.05) is 60.7 Å². The van der Waals surface area contributed by atoms with E-state index in [1.54, 1.807) is 11.6 Å². The average molecular weight is 395 g/mol. The Morgan fingerprint density at radius 2 is 1.50 bits per heavy atom. The van der Waals surface area contributed by atoms with Crippen LogP contribution in [0.2, 0.25) is 5.28 Å². The summed E-state index contributed by atoms with van der Waals surface area (Å²) in [7, 11) is 1.61. The number of aromatic nitrogens is 4. The van der Waals surface area contributed by atoms with Gasteiger partial charge in [0.1, 0.15) is 0 Å². The second-order valence-corrected chi connectivity index (χ2v) is 7.00. The monoisotopic (exact) mass is 394 g/mol. The third-order valence-electron chi connectivity index (χ3n) is 4.84. The van der Waals surface area contributed by atoms with Gasteiger partial charge in [-0.25, -0.2) is 4.79 Å². The molecule has 0 aliphatic heterocycles. The van der Waals surface area contributed by atoms with Gasteiger partial charge in [0.25, 0.3) is 5.56 Å². The fourth-order valence-electron chi connectivity index (χ4n) is 3.34. The van der Waals surface area contributed by atoms with Gasteiger partial charge in [-0.3, -0.25) is 13.9 Å². The number of imidazole rings is 1. The van der Waals surface area contributed by atoms with Crippen LogP contribution in [0.3, 0.4) is 0 Å². The van der Waals surface area contributed by atoms with Gasteiger partial charge < -0.3 is 4.57 Å². The first-order chi connectivity index (χ1) is 13.6. The van der Waals surface area contributed by atoms with E-state index in [-0.39, 0.29) is 10.8 Å². The molecule has 0 saturated carbocycles. The number of halogens is 1. The largest absolute Gasteiger partial charge is 0.332 e. The summed E-state index contributed by atoms with van der Waals surface area (Å²) in [4.78, 5) is 30.2. The minimum Gasteiger partial charge on any atom is -0.304 e. The molecular weight excluding hydrogens is 376 g/mol. The van der Waals surface area contributed by atoms with Crippen molar-refractivity contribution in [2.45, 2.75) is 19.5 Å². The highest BCUT2D eigenvalue weighted by atomic mass is 35.5. The quantitative estimate of drug-likeness (QED) is 0.489. The summed E-state index contributed by atoms with van der Waals surface area (Å²) in [5.41, 5.74) is 1.93. The molecule has 0 atom stereocenters. The standard InChI is InChI=1S/C21H19ClN4O2/c1-24-18-17(26(20(22)23-18)14-16-10-6-3-7-11-16)19(27)25(21(24)28)13-12-15-8-4-2-5-9-15/h2-11H,12-14H2,1H3. The third kappa shape index (κ3) is 3.27. The van der Waals surface area contributed by atoms with E-state index in [1.165, 1.54) is 9.13 Å². The van der Waals surface area contributed by atoms with E-state index in [1.807, 2.05) is 60.7 Å². The van der Waals surface area contributed by atoms with Crippen molar-refractivity contribution in [2.24, 2.45) is 7.05 Å². The summed E-state index contributed by atoms with van der Waals surface area (Å²) in [5.74, 6) is 0. The smallest absolute Gasteiger partial charge is 0.304 e. The fraction of sp³-hybridized carbons (Fsp3) is 0.190. The molecule has 0 saturated heterocycles. The third-order valence-corrected chi connectivity index (χ3v) is 5.12. The van der Waals surface area contributed by atoms with Gasteiger partial charge in [0.05, 0.1) is 6.54 Å². The van der Waals surface area contributed by atoms with Crippen LogP contribution in [0.4, 0.5) is 0 Å². The molecule has 0 fully saturated rings. The number of fused-ring (bicyclic) bond motifs is 1. The summed E-state index contributed by atoms with van der Waals surface area (Å²) in [6, 6.07) is 19.5. The van der Waals surface area contributed by atoms with Gasteiger partial charge in [-0.2, -0.15) is 4.98 Å². The number of nitrogens with zero attached hydrogens (tertiary/aromatic N) is 4. The summed E-state index contributed by atoms with van der Waals surface area (Å²) >= 11 is 6.33. The van der Waals surface area contributed by atoms with Gasteiger partial charge in [0, 0.05) is 13.6 Å². The van der Waals surface area contributed by atoms with Gasteiger partial charge in [0.15, 0.2) is 11.2 Å². The molecule has 0 amide bonds. The first-order valence-corrected chi connectivity index (χ1v) is 9.37. The normalized spacial score (nSPS) is 11.2. The minimum absolute atomic E-state index is 0.187. The Hall–Kier alpha value is -3.12. The van der Waals surface area contributed by atoms with E-state index in [9.17, 15) is 9.59 Å². The Balaban J connectivity index is 1.82. The van der Waals surface area contributed by atoms with Crippen LogP contribution in [0.15, 0.2) is 70.3 Å². The Labute approximate surface area is 166 Å². The SMILES string of the molecule is Cn1c(=O)n(CCc2ccccc2)c(=O)c2c1nc(Cl)n2Cc1ccccc1. The highest BCUT2D eigenvalue weighted by molar-refractivity contribution is 6.29. The zero-order valence-electron chi connectivity index (χ0n) is 15.4. The summed E-state index contributed by atoms with van der Waals surface area (Å²) < 4.78 is 4.30. The van der Waals surface area contributed by atoms with E-state index >= 15 is 0 Å². The topological polar surface area (TPSA) is 61.8 Å². The van der Waals surface area contributed by atoms with Crippen LogP contribution in [-0.2, 0) is 26.6 Å². The van der Waals surface area contributed by atoms with Crippen molar-refractivity contribution in [3.8, 4) is 0 Å². The first kappa shape index (κ1) is 18.3. The molecule has 0 unspecified atom stereocenters. The fourth-order valence-corrected chi connectivity index (χ4v) is 3.56. The lowest BCUT2D eigenvalue weighted by molar-refractivity contribution is 0.600. The number of rotatable bonds is 5. The van der Waals surface area contributed by atoms with Gasteiger partial charge in [-0.15, -0.1) is 0 Å². The molecule has 0 N–H and O–H groups in total. The van der Waals surface area contributed by atoms with E-state index in [2.05, 4.69) is 4.98 Å². The van der Waals surface area contributed by atoms with Gasteiger partial charge >= 0.3 is 5.69 Å². The van der Waals surface area contributed by atoms with Crippen LogP contribution >= 0.6 is 11.6 Å². The molecule has 2 aromatic carbocycles. The number of benzene rings is 2. The molecule has 2 heterocycles. The minimum atomic E-state index is -0.394. The Bertz CT molecular complexity index is 1240. The van der Waals surface area contributed by atoms with Crippen molar-refractivity contribution in [3.05, 3.63) is 97.9 Å². The van der Waals surface area contributed by atoms with Crippen molar-refractivity contribution in [1.82, 2.24) is 18.7 Å². The molecule has 0 spiro atoms. The second-order valence-electron chi connectivity index (χ2n) is 6.66. The molecule has 0 bridgehead atoms. The molecule has 4 aromatic rings. The van der Waals surface area contributed by atoms with Crippen molar-refractivity contribution < 1.29 is 0 Å². The lowest BCUT2D eigenvalue weighted by Gasteiger charge is -2.10. The van der Waals surface area contributed by atoms with Crippen LogP contribution in [0.5, 0.6) is 0 Å². The molecular formula is C21H19ClN4O2. The Kier molecular flexibility index (Phi) is 4.88. The van der Waals surface area contributed by atoms with E-state index < -0.39 is 5.69 Å². The van der Waals surface area contributed by atoms with Crippen LogP contribution < -0.4 is 11.2 Å². The van der Waals surface area contributed by atoms with Crippen molar-refractivity contribution in [2.75, 3.05) is 0 Å². The molecule has 2 aromatic heterocycles. The van der Waals surface area contributed by atoms with Gasteiger partial charge in [-0.05, 0) is 29.1 Å². The van der Waals surface area contributed by atoms with E-state index in [0.717, 1.165) is 11.1 Å². The van der Waals surface area contributed by atoms with Crippen molar-refractivity contribution in [3.63, 3.8) is 0 Å². The number of aryl methyl sites for hydroxylation is 2. The van der Waals surface area contributed by atoms with Crippen LogP contribution in [0, 0.1) is 0 Å².